The van der Waals surface area contributed by atoms with Crippen LogP contribution in [0.2, 0.25) is 0 Å². The van der Waals surface area contributed by atoms with Gasteiger partial charge in [0.2, 0.25) is 0 Å². The quantitative estimate of drug-likeness (QED) is 0.199. The number of hydrogen-bond donors (Lipinski definition) is 6. The molecule has 256 valence electrons. The van der Waals surface area contributed by atoms with Crippen LogP contribution in [0.4, 0.5) is 0 Å². The van der Waals surface area contributed by atoms with Gasteiger partial charge in [-0.15, -0.1) is 0 Å². The van der Waals surface area contributed by atoms with Gasteiger partial charge >= 0.3 is 5.97 Å². The summed E-state index contributed by atoms with van der Waals surface area (Å²) in [7, 11) is 0. The Kier molecular flexibility index (Phi) is 8.05. The number of aliphatic carboxylic acids is 1. The minimum atomic E-state index is -1.47. The van der Waals surface area contributed by atoms with E-state index in [2.05, 4.69) is 54.5 Å². The highest BCUT2D eigenvalue weighted by molar-refractivity contribution is 5.77. The van der Waals surface area contributed by atoms with Gasteiger partial charge in [-0.1, -0.05) is 60.1 Å². The molecule has 1 heterocycles. The van der Waals surface area contributed by atoms with E-state index >= 15 is 0 Å². The van der Waals surface area contributed by atoms with Crippen LogP contribution < -0.4 is 0 Å². The fourth-order valence-electron chi connectivity index (χ4n) is 12.3. The van der Waals surface area contributed by atoms with Crippen LogP contribution in [0.15, 0.2) is 11.6 Å². The molecule has 9 nitrogen and oxygen atoms in total. The summed E-state index contributed by atoms with van der Waals surface area (Å²) in [6.07, 6.45) is 1.79. The predicted octanol–water partition coefficient (Wildman–Crippen LogP) is 4.03. The lowest BCUT2D eigenvalue weighted by atomic mass is 9.33. The van der Waals surface area contributed by atoms with Crippen molar-refractivity contribution in [3.8, 4) is 0 Å². The highest BCUT2D eigenvalue weighted by Crippen LogP contribution is 2.76. The summed E-state index contributed by atoms with van der Waals surface area (Å²) < 4.78 is 12.2. The molecular weight excluding hydrogens is 576 g/mol. The molecule has 0 aromatic heterocycles. The van der Waals surface area contributed by atoms with E-state index in [1.54, 1.807) is 0 Å². The van der Waals surface area contributed by atoms with Crippen molar-refractivity contribution in [3.05, 3.63) is 11.6 Å². The van der Waals surface area contributed by atoms with Gasteiger partial charge in [0, 0.05) is 0 Å². The molecule has 0 aromatic carbocycles. The first-order valence-electron chi connectivity index (χ1n) is 17.4. The number of aliphatic hydroxyl groups excluding tert-OH is 5. The van der Waals surface area contributed by atoms with E-state index in [4.69, 9.17) is 9.47 Å². The summed E-state index contributed by atoms with van der Waals surface area (Å²) in [6, 6.07) is 0. The van der Waals surface area contributed by atoms with Gasteiger partial charge in [0.25, 0.3) is 0 Å². The van der Waals surface area contributed by atoms with Gasteiger partial charge in [0.05, 0.1) is 18.8 Å². The van der Waals surface area contributed by atoms with Crippen LogP contribution >= 0.6 is 0 Å². The van der Waals surface area contributed by atoms with Crippen molar-refractivity contribution >= 4 is 5.97 Å². The lowest BCUT2D eigenvalue weighted by Crippen LogP contribution is -2.68. The molecule has 14 atom stereocenters. The average molecular weight is 635 g/mol. The van der Waals surface area contributed by atoms with E-state index in [0.717, 1.165) is 44.9 Å². The van der Waals surface area contributed by atoms with Crippen LogP contribution in [-0.2, 0) is 14.3 Å². The van der Waals surface area contributed by atoms with Crippen molar-refractivity contribution in [1.82, 2.24) is 0 Å². The summed E-state index contributed by atoms with van der Waals surface area (Å²) in [6.45, 7) is 15.6. The Bertz CT molecular complexity index is 1210. The number of carboxylic acids is 1. The molecule has 5 aliphatic carbocycles. The Morgan fingerprint density at radius 2 is 1.58 bits per heavy atom. The van der Waals surface area contributed by atoms with Crippen LogP contribution in [0.5, 0.6) is 0 Å². The zero-order valence-electron chi connectivity index (χ0n) is 28.3. The molecule has 9 heteroatoms. The van der Waals surface area contributed by atoms with Crippen molar-refractivity contribution in [1.29, 1.82) is 0 Å². The molecule has 5 fully saturated rings. The van der Waals surface area contributed by atoms with E-state index in [9.17, 15) is 35.4 Å². The largest absolute Gasteiger partial charge is 0.481 e. The molecule has 45 heavy (non-hydrogen) atoms. The Morgan fingerprint density at radius 1 is 0.889 bits per heavy atom. The highest BCUT2D eigenvalue weighted by Gasteiger charge is 2.71. The maximum absolute atomic E-state index is 13.0. The van der Waals surface area contributed by atoms with Gasteiger partial charge in [0.1, 0.15) is 29.8 Å². The summed E-state index contributed by atoms with van der Waals surface area (Å²) in [4.78, 5) is 13.0. The van der Waals surface area contributed by atoms with Gasteiger partial charge in [-0.2, -0.15) is 0 Å². The molecular formula is C36H58O9. The molecule has 1 saturated heterocycles. The topological polar surface area (TPSA) is 157 Å². The van der Waals surface area contributed by atoms with Crippen LogP contribution in [0.3, 0.4) is 0 Å². The Labute approximate surface area is 268 Å². The molecule has 0 radical (unpaired) electrons. The molecule has 1 aliphatic heterocycles. The van der Waals surface area contributed by atoms with Gasteiger partial charge in [0.15, 0.2) is 6.29 Å². The zero-order valence-corrected chi connectivity index (χ0v) is 28.3. The minimum Gasteiger partial charge on any atom is -0.481 e. The van der Waals surface area contributed by atoms with Crippen molar-refractivity contribution in [3.63, 3.8) is 0 Å². The van der Waals surface area contributed by atoms with E-state index in [0.29, 0.717) is 24.7 Å². The second-order valence-electron chi connectivity index (χ2n) is 18.0. The van der Waals surface area contributed by atoms with Crippen LogP contribution in [0.25, 0.3) is 0 Å². The molecule has 10 unspecified atom stereocenters. The summed E-state index contributed by atoms with van der Waals surface area (Å²) in [5.74, 6) is -0.382. The molecule has 6 rings (SSSR count). The van der Waals surface area contributed by atoms with Gasteiger partial charge in [-0.3, -0.25) is 4.79 Å². The van der Waals surface area contributed by atoms with E-state index in [-0.39, 0.29) is 39.1 Å². The second kappa shape index (κ2) is 10.7. The van der Waals surface area contributed by atoms with Crippen LogP contribution in [-0.4, -0.2) is 86.1 Å². The number of allylic oxidation sites excluding steroid dienone is 2. The second-order valence-corrected chi connectivity index (χ2v) is 18.0. The number of ether oxygens (including phenoxy) is 2. The average Bonchev–Trinajstić information content (AvgIpc) is 2.94. The monoisotopic (exact) mass is 634 g/mol. The highest BCUT2D eigenvalue weighted by atomic mass is 16.7. The van der Waals surface area contributed by atoms with E-state index in [1.165, 1.54) is 5.57 Å². The fourth-order valence-corrected chi connectivity index (χ4v) is 12.3. The summed E-state index contributed by atoms with van der Waals surface area (Å²) >= 11 is 0. The van der Waals surface area contributed by atoms with E-state index < -0.39 is 54.8 Å². The standard InChI is InChI=1S/C36H58O9/c1-31(2)14-15-36(30(42)43)20(16-31)19-8-9-23-33(5)12-11-25(45-29-28(41)27(40)26(39)21(18-37)44-29)32(3,4)22(33)10-13-34(23,6)35(19,7)17-24(36)38/h8,20-29,37-41H,9-18H2,1-7H3,(H,42,43)/t20?,21?,22?,23?,24?,25?,26?,27?,28?,29?,33-,34+,35+,36+/m0/s1. The predicted molar refractivity (Wildman–Crippen MR) is 167 cm³/mol. The maximum Gasteiger partial charge on any atom is 0.312 e. The molecule has 0 aromatic rings. The zero-order chi connectivity index (χ0) is 33.1. The first kappa shape index (κ1) is 33.8. The Hall–Kier alpha value is -1.07. The summed E-state index contributed by atoms with van der Waals surface area (Å²) in [5.41, 5.74) is -0.571. The number of carboxylic acid groups (broad SMARTS) is 1. The number of rotatable bonds is 4. The third-order valence-corrected chi connectivity index (χ3v) is 15.2. The lowest BCUT2D eigenvalue weighted by molar-refractivity contribution is -0.330. The molecule has 4 saturated carbocycles. The van der Waals surface area contributed by atoms with Crippen molar-refractivity contribution in [2.75, 3.05) is 6.61 Å². The van der Waals surface area contributed by atoms with Crippen molar-refractivity contribution < 1.29 is 44.9 Å². The third kappa shape index (κ3) is 4.54. The van der Waals surface area contributed by atoms with E-state index in [1.807, 2.05) is 0 Å². The third-order valence-electron chi connectivity index (χ3n) is 15.2. The number of carbonyl (C=O) groups is 1. The fraction of sp³-hybridized carbons (Fsp3) is 0.917. The van der Waals surface area contributed by atoms with Gasteiger partial charge in [-0.05, 0) is 103 Å². The number of fused-ring (bicyclic) bond motifs is 7. The van der Waals surface area contributed by atoms with Gasteiger partial charge in [-0.25, -0.2) is 0 Å². The Balaban J connectivity index is 1.31. The normalized spacial score (nSPS) is 53.6. The first-order chi connectivity index (χ1) is 20.8. The lowest BCUT2D eigenvalue weighted by Gasteiger charge is -2.71. The molecule has 0 amide bonds. The maximum atomic E-state index is 13.0. The summed E-state index contributed by atoms with van der Waals surface area (Å²) in [5, 5.41) is 63.5. The molecule has 6 N–H and O–H groups in total. The van der Waals surface area contributed by atoms with Crippen LogP contribution in [0.1, 0.15) is 106 Å². The van der Waals surface area contributed by atoms with Crippen molar-refractivity contribution in [2.24, 2.45) is 50.2 Å². The molecule has 0 spiro atoms. The smallest absolute Gasteiger partial charge is 0.312 e. The number of aliphatic hydroxyl groups is 5. The SMILES string of the molecule is CC1(C)CC[C@]2(C(=O)O)C(O)C[C@]3(C)C(=CCC4[C@@]5(C)CCC(OC6OC(CO)C(O)C(O)C6O)C(C)(C)C5CC[C@]43C)C2C1. The molecule has 0 bridgehead atoms. The first-order valence-corrected chi connectivity index (χ1v) is 17.4. The van der Waals surface area contributed by atoms with Crippen molar-refractivity contribution in [2.45, 2.75) is 149 Å². The minimum absolute atomic E-state index is 0.0210. The Morgan fingerprint density at radius 3 is 2.22 bits per heavy atom. The van der Waals surface area contributed by atoms with Crippen LogP contribution in [0, 0.1) is 50.2 Å². The van der Waals surface area contributed by atoms with Gasteiger partial charge < -0.3 is 40.1 Å². The number of hydrogen-bond acceptors (Lipinski definition) is 8. The molecule has 6 aliphatic rings.